The van der Waals surface area contributed by atoms with Crippen LogP contribution in [-0.2, 0) is 6.42 Å². The first-order valence-electron chi connectivity index (χ1n) is 7.19. The normalized spacial score (nSPS) is 13.1. The fourth-order valence-corrected chi connectivity index (χ4v) is 2.32. The Kier molecular flexibility index (Phi) is 4.92. The van der Waals surface area contributed by atoms with Crippen LogP contribution in [0.5, 0.6) is 0 Å². The molecule has 102 valence electrons. The quantitative estimate of drug-likeness (QED) is 0.853. The zero-order chi connectivity index (χ0) is 13.7. The van der Waals surface area contributed by atoms with Crippen LogP contribution in [0.1, 0.15) is 26.3 Å². The number of aromatic nitrogens is 1. The second-order valence-electron chi connectivity index (χ2n) is 5.90. The molecule has 0 saturated heterocycles. The average Bonchev–Trinajstić information content (AvgIpc) is 2.38. The topological polar surface area (TPSA) is 24.9 Å². The molecular formula is C17H24N2. The van der Waals surface area contributed by atoms with Crippen LogP contribution < -0.4 is 5.32 Å². The maximum Gasteiger partial charge on any atom is 0.0702 e. The predicted molar refractivity (Wildman–Crippen MR) is 82.3 cm³/mol. The van der Waals surface area contributed by atoms with Gasteiger partial charge in [-0.3, -0.25) is 4.98 Å². The number of rotatable bonds is 6. The Morgan fingerprint density at radius 1 is 1.11 bits per heavy atom. The van der Waals surface area contributed by atoms with E-state index < -0.39 is 0 Å². The second kappa shape index (κ2) is 6.67. The Labute approximate surface area is 116 Å². The van der Waals surface area contributed by atoms with Gasteiger partial charge in [0.25, 0.3) is 0 Å². The van der Waals surface area contributed by atoms with E-state index in [0.29, 0.717) is 5.92 Å². The van der Waals surface area contributed by atoms with E-state index in [1.807, 2.05) is 12.3 Å². The number of fused-ring (bicyclic) bond motifs is 1. The molecule has 2 aromatic rings. The van der Waals surface area contributed by atoms with Gasteiger partial charge in [-0.25, -0.2) is 0 Å². The summed E-state index contributed by atoms with van der Waals surface area (Å²) in [5, 5.41) is 4.76. The highest BCUT2D eigenvalue weighted by Gasteiger charge is 2.05. The Balaban J connectivity index is 1.93. The summed E-state index contributed by atoms with van der Waals surface area (Å²) < 4.78 is 0. The zero-order valence-electron chi connectivity index (χ0n) is 12.2. The van der Waals surface area contributed by atoms with Gasteiger partial charge in [0, 0.05) is 11.6 Å². The molecule has 0 spiro atoms. The molecule has 0 aliphatic rings. The third kappa shape index (κ3) is 4.32. The lowest BCUT2D eigenvalue weighted by Gasteiger charge is -2.14. The summed E-state index contributed by atoms with van der Waals surface area (Å²) in [5.74, 6) is 1.36. The van der Waals surface area contributed by atoms with E-state index in [0.717, 1.165) is 30.9 Å². The predicted octanol–water partition coefficient (Wildman–Crippen LogP) is 3.66. The van der Waals surface area contributed by atoms with Crippen LogP contribution in [0.25, 0.3) is 10.9 Å². The maximum atomic E-state index is 4.52. The molecule has 1 heterocycles. The van der Waals surface area contributed by atoms with E-state index in [4.69, 9.17) is 0 Å². The summed E-state index contributed by atoms with van der Waals surface area (Å²) in [6, 6.07) is 10.6. The minimum atomic E-state index is 0.640. The van der Waals surface area contributed by atoms with E-state index in [2.05, 4.69) is 55.3 Å². The lowest BCUT2D eigenvalue weighted by Crippen LogP contribution is -2.26. The molecule has 0 radical (unpaired) electrons. The van der Waals surface area contributed by atoms with E-state index in [9.17, 15) is 0 Å². The van der Waals surface area contributed by atoms with Crippen molar-refractivity contribution in [3.05, 3.63) is 42.1 Å². The molecule has 1 aromatic heterocycles. The van der Waals surface area contributed by atoms with Gasteiger partial charge >= 0.3 is 0 Å². The summed E-state index contributed by atoms with van der Waals surface area (Å²) in [4.78, 5) is 4.52. The van der Waals surface area contributed by atoms with E-state index in [1.54, 1.807) is 0 Å². The van der Waals surface area contributed by atoms with Crippen LogP contribution in [0.15, 0.2) is 36.5 Å². The van der Waals surface area contributed by atoms with Crippen molar-refractivity contribution in [1.82, 2.24) is 10.3 Å². The van der Waals surface area contributed by atoms with Crippen LogP contribution >= 0.6 is 0 Å². The molecule has 0 aliphatic carbocycles. The molecule has 0 saturated carbocycles. The monoisotopic (exact) mass is 256 g/mol. The van der Waals surface area contributed by atoms with Crippen molar-refractivity contribution >= 4 is 10.9 Å². The molecule has 1 N–H and O–H groups in total. The Morgan fingerprint density at radius 3 is 2.68 bits per heavy atom. The van der Waals surface area contributed by atoms with Crippen molar-refractivity contribution in [3.63, 3.8) is 0 Å². The average molecular weight is 256 g/mol. The van der Waals surface area contributed by atoms with Crippen molar-refractivity contribution < 1.29 is 0 Å². The second-order valence-corrected chi connectivity index (χ2v) is 5.90. The fourth-order valence-electron chi connectivity index (χ4n) is 2.32. The molecule has 0 bridgehead atoms. The van der Waals surface area contributed by atoms with Gasteiger partial charge < -0.3 is 5.32 Å². The highest BCUT2D eigenvalue weighted by atomic mass is 14.9. The van der Waals surface area contributed by atoms with Crippen molar-refractivity contribution in [1.29, 1.82) is 0 Å². The van der Waals surface area contributed by atoms with Gasteiger partial charge in [-0.05, 0) is 49.0 Å². The van der Waals surface area contributed by atoms with Gasteiger partial charge in [0.1, 0.15) is 0 Å². The number of benzene rings is 1. The number of hydrogen-bond donors (Lipinski definition) is 1. The van der Waals surface area contributed by atoms with Gasteiger partial charge in [-0.15, -0.1) is 0 Å². The zero-order valence-corrected chi connectivity index (χ0v) is 12.2. The van der Waals surface area contributed by atoms with Crippen LogP contribution in [0.2, 0.25) is 0 Å². The highest BCUT2D eigenvalue weighted by molar-refractivity contribution is 5.78. The summed E-state index contributed by atoms with van der Waals surface area (Å²) >= 11 is 0. The molecule has 1 unspecified atom stereocenters. The van der Waals surface area contributed by atoms with Crippen LogP contribution in [-0.4, -0.2) is 18.1 Å². The lowest BCUT2D eigenvalue weighted by molar-refractivity contribution is 0.473. The number of para-hydroxylation sites is 1. The highest BCUT2D eigenvalue weighted by Crippen LogP contribution is 2.15. The first kappa shape index (κ1) is 14.0. The minimum absolute atomic E-state index is 0.640. The largest absolute Gasteiger partial charge is 0.316 e. The Morgan fingerprint density at radius 2 is 1.89 bits per heavy atom. The molecule has 0 fully saturated rings. The summed E-state index contributed by atoms with van der Waals surface area (Å²) in [6.45, 7) is 8.95. The minimum Gasteiger partial charge on any atom is -0.316 e. The van der Waals surface area contributed by atoms with Crippen LogP contribution in [0.4, 0.5) is 0 Å². The van der Waals surface area contributed by atoms with Gasteiger partial charge in [-0.2, -0.15) is 0 Å². The maximum absolute atomic E-state index is 4.52. The van der Waals surface area contributed by atoms with Gasteiger partial charge in [0.15, 0.2) is 0 Å². The van der Waals surface area contributed by atoms with Crippen LogP contribution in [0, 0.1) is 11.8 Å². The smallest absolute Gasteiger partial charge is 0.0702 e. The van der Waals surface area contributed by atoms with Crippen molar-refractivity contribution in [2.45, 2.75) is 27.2 Å². The molecular weight excluding hydrogens is 232 g/mol. The molecule has 2 heteroatoms. The summed E-state index contributed by atoms with van der Waals surface area (Å²) in [7, 11) is 0. The van der Waals surface area contributed by atoms with Crippen molar-refractivity contribution in [2.24, 2.45) is 11.8 Å². The third-order valence-electron chi connectivity index (χ3n) is 3.28. The molecule has 1 aromatic carbocycles. The van der Waals surface area contributed by atoms with Crippen molar-refractivity contribution in [3.8, 4) is 0 Å². The summed E-state index contributed by atoms with van der Waals surface area (Å²) in [5.41, 5.74) is 2.41. The number of nitrogens with one attached hydrogen (secondary N) is 1. The number of hydrogen-bond acceptors (Lipinski definition) is 2. The van der Waals surface area contributed by atoms with Crippen LogP contribution in [0.3, 0.4) is 0 Å². The molecule has 0 amide bonds. The van der Waals surface area contributed by atoms with Gasteiger partial charge in [-0.1, -0.05) is 39.0 Å². The van der Waals surface area contributed by atoms with Gasteiger partial charge in [0.2, 0.25) is 0 Å². The molecule has 2 nitrogen and oxygen atoms in total. The fraction of sp³-hybridized carbons (Fsp3) is 0.471. The molecule has 0 aliphatic heterocycles. The van der Waals surface area contributed by atoms with E-state index in [1.165, 1.54) is 10.9 Å². The molecule has 2 rings (SSSR count). The van der Waals surface area contributed by atoms with Gasteiger partial charge in [0.05, 0.1) is 5.52 Å². The van der Waals surface area contributed by atoms with Crippen molar-refractivity contribution in [2.75, 3.05) is 13.1 Å². The first-order chi connectivity index (χ1) is 9.15. The Hall–Kier alpha value is -1.41. The third-order valence-corrected chi connectivity index (χ3v) is 3.28. The van der Waals surface area contributed by atoms with E-state index in [-0.39, 0.29) is 0 Å². The number of nitrogens with zero attached hydrogens (tertiary/aromatic N) is 1. The SMILES string of the molecule is CC(C)CNCC(C)Cc1cnc2ccccc2c1. The summed E-state index contributed by atoms with van der Waals surface area (Å²) in [6.07, 6.45) is 3.10. The Bertz CT molecular complexity index is 519. The van der Waals surface area contributed by atoms with E-state index >= 15 is 0 Å². The number of pyridine rings is 1. The molecule has 1 atom stereocenters. The molecule has 19 heavy (non-hydrogen) atoms. The first-order valence-corrected chi connectivity index (χ1v) is 7.19. The lowest BCUT2D eigenvalue weighted by atomic mass is 10.0. The standard InChI is InChI=1S/C17H24N2/c1-13(2)10-18-11-14(3)8-15-9-16-6-4-5-7-17(16)19-12-15/h4-7,9,12-14,18H,8,10-11H2,1-3H3.